The molecule has 0 aliphatic heterocycles. The van der Waals surface area contributed by atoms with E-state index in [4.69, 9.17) is 5.73 Å². The Hall–Kier alpha value is -1.86. The zero-order chi connectivity index (χ0) is 14.9. The summed E-state index contributed by atoms with van der Waals surface area (Å²) in [6.45, 7) is 5.45. The van der Waals surface area contributed by atoms with E-state index in [1.54, 1.807) is 32.3 Å². The van der Waals surface area contributed by atoms with Gasteiger partial charge in [-0.1, -0.05) is 0 Å². The second kappa shape index (κ2) is 5.26. The number of aromatic nitrogens is 2. The summed E-state index contributed by atoms with van der Waals surface area (Å²) < 4.78 is 27.5. The third-order valence-corrected chi connectivity index (χ3v) is 5.01. The molecule has 0 unspecified atom stereocenters. The summed E-state index contributed by atoms with van der Waals surface area (Å²) in [7, 11) is -3.63. The summed E-state index contributed by atoms with van der Waals surface area (Å²) in [6, 6.07) is 1.79. The smallest absolute Gasteiger partial charge is 0.241 e. The SMILES string of the molecule is Cc1cc(N)c(C)c(S(=O)(=O)NCc2ncc[nH]2)c1C. The average Bonchev–Trinajstić information content (AvgIpc) is 2.87. The van der Waals surface area contributed by atoms with Gasteiger partial charge in [-0.25, -0.2) is 18.1 Å². The molecule has 0 amide bonds. The summed E-state index contributed by atoms with van der Waals surface area (Å²) in [5.74, 6) is 0.560. The lowest BCUT2D eigenvalue weighted by atomic mass is 10.1. The maximum absolute atomic E-state index is 12.5. The van der Waals surface area contributed by atoms with E-state index < -0.39 is 10.0 Å². The van der Waals surface area contributed by atoms with Crippen molar-refractivity contribution in [1.29, 1.82) is 0 Å². The molecule has 0 atom stereocenters. The molecule has 7 heteroatoms. The topological polar surface area (TPSA) is 101 Å². The van der Waals surface area contributed by atoms with E-state index in [-0.39, 0.29) is 11.4 Å². The molecule has 0 aliphatic rings. The summed E-state index contributed by atoms with van der Waals surface area (Å²) in [5, 5.41) is 0. The third-order valence-electron chi connectivity index (χ3n) is 3.33. The van der Waals surface area contributed by atoms with Crippen molar-refractivity contribution in [3.8, 4) is 0 Å². The second-order valence-corrected chi connectivity index (χ2v) is 6.43. The highest BCUT2D eigenvalue weighted by molar-refractivity contribution is 7.89. The molecule has 0 bridgehead atoms. The van der Waals surface area contributed by atoms with Crippen molar-refractivity contribution >= 4 is 15.7 Å². The van der Waals surface area contributed by atoms with E-state index in [0.717, 1.165) is 5.56 Å². The number of nitrogens with two attached hydrogens (primary N) is 1. The van der Waals surface area contributed by atoms with Gasteiger partial charge in [0.05, 0.1) is 11.4 Å². The Labute approximate surface area is 118 Å². The van der Waals surface area contributed by atoms with Crippen LogP contribution in [-0.2, 0) is 16.6 Å². The predicted molar refractivity (Wildman–Crippen MR) is 77.7 cm³/mol. The molecule has 1 heterocycles. The van der Waals surface area contributed by atoms with Crippen LogP contribution in [0.2, 0.25) is 0 Å². The van der Waals surface area contributed by atoms with Crippen molar-refractivity contribution < 1.29 is 8.42 Å². The first-order valence-electron chi connectivity index (χ1n) is 6.17. The monoisotopic (exact) mass is 294 g/mol. The van der Waals surface area contributed by atoms with Crippen LogP contribution in [-0.4, -0.2) is 18.4 Å². The zero-order valence-electron chi connectivity index (χ0n) is 11.7. The molecule has 0 radical (unpaired) electrons. The lowest BCUT2D eigenvalue weighted by Gasteiger charge is -2.15. The van der Waals surface area contributed by atoms with E-state index in [9.17, 15) is 8.42 Å². The van der Waals surface area contributed by atoms with Gasteiger partial charge in [-0.2, -0.15) is 0 Å². The molecule has 0 saturated carbocycles. The van der Waals surface area contributed by atoms with Gasteiger partial charge in [-0.15, -0.1) is 0 Å². The van der Waals surface area contributed by atoms with E-state index in [2.05, 4.69) is 14.7 Å². The fourth-order valence-electron chi connectivity index (χ4n) is 2.07. The van der Waals surface area contributed by atoms with Crippen LogP contribution in [0.15, 0.2) is 23.4 Å². The molecule has 0 saturated heterocycles. The number of nitrogen functional groups attached to an aromatic ring is 1. The van der Waals surface area contributed by atoms with Gasteiger partial charge in [-0.3, -0.25) is 0 Å². The highest BCUT2D eigenvalue weighted by Gasteiger charge is 2.22. The Bertz CT molecular complexity index is 695. The summed E-state index contributed by atoms with van der Waals surface area (Å²) in [6.07, 6.45) is 3.22. The number of hydrogen-bond donors (Lipinski definition) is 3. The van der Waals surface area contributed by atoms with Gasteiger partial charge in [0.2, 0.25) is 10.0 Å². The number of imidazole rings is 1. The number of nitrogens with one attached hydrogen (secondary N) is 2. The van der Waals surface area contributed by atoms with Crippen LogP contribution in [0, 0.1) is 20.8 Å². The maximum atomic E-state index is 12.5. The fourth-order valence-corrected chi connectivity index (χ4v) is 3.63. The van der Waals surface area contributed by atoms with Crippen molar-refractivity contribution in [2.75, 3.05) is 5.73 Å². The quantitative estimate of drug-likeness (QED) is 0.742. The lowest BCUT2D eigenvalue weighted by Crippen LogP contribution is -2.26. The molecule has 20 heavy (non-hydrogen) atoms. The van der Waals surface area contributed by atoms with Crippen LogP contribution < -0.4 is 10.5 Å². The van der Waals surface area contributed by atoms with Crippen molar-refractivity contribution in [2.45, 2.75) is 32.2 Å². The number of sulfonamides is 1. The molecular weight excluding hydrogens is 276 g/mol. The first-order valence-corrected chi connectivity index (χ1v) is 7.65. The summed E-state index contributed by atoms with van der Waals surface area (Å²) in [4.78, 5) is 7.09. The molecule has 2 aromatic rings. The Morgan fingerprint density at radius 2 is 2.00 bits per heavy atom. The van der Waals surface area contributed by atoms with E-state index in [1.807, 2.05) is 6.92 Å². The van der Waals surface area contributed by atoms with Crippen molar-refractivity contribution in [2.24, 2.45) is 0 Å². The van der Waals surface area contributed by atoms with E-state index in [1.165, 1.54) is 0 Å². The van der Waals surface area contributed by atoms with Crippen molar-refractivity contribution in [1.82, 2.24) is 14.7 Å². The Balaban J connectivity index is 2.39. The molecule has 1 aromatic carbocycles. The van der Waals surface area contributed by atoms with Gasteiger partial charge in [0.15, 0.2) is 0 Å². The van der Waals surface area contributed by atoms with Crippen LogP contribution >= 0.6 is 0 Å². The fraction of sp³-hybridized carbons (Fsp3) is 0.308. The number of rotatable bonds is 4. The van der Waals surface area contributed by atoms with Crippen LogP contribution in [0.3, 0.4) is 0 Å². The Morgan fingerprint density at radius 3 is 2.60 bits per heavy atom. The first kappa shape index (κ1) is 14.5. The molecule has 108 valence electrons. The van der Waals surface area contributed by atoms with Gasteiger partial charge >= 0.3 is 0 Å². The van der Waals surface area contributed by atoms with Crippen LogP contribution in [0.25, 0.3) is 0 Å². The van der Waals surface area contributed by atoms with Crippen LogP contribution in [0.5, 0.6) is 0 Å². The van der Waals surface area contributed by atoms with Gasteiger partial charge in [-0.05, 0) is 43.5 Å². The molecule has 0 spiro atoms. The first-order chi connectivity index (χ1) is 9.33. The van der Waals surface area contributed by atoms with Crippen LogP contribution in [0.1, 0.15) is 22.5 Å². The normalized spacial score (nSPS) is 11.8. The number of aryl methyl sites for hydroxylation is 1. The summed E-state index contributed by atoms with van der Waals surface area (Å²) >= 11 is 0. The lowest BCUT2D eigenvalue weighted by molar-refractivity contribution is 0.578. The predicted octanol–water partition coefficient (Wildman–Crippen LogP) is 1.40. The van der Waals surface area contributed by atoms with Gasteiger partial charge in [0.1, 0.15) is 5.82 Å². The highest BCUT2D eigenvalue weighted by Crippen LogP contribution is 2.27. The number of aromatic amines is 1. The van der Waals surface area contributed by atoms with Gasteiger partial charge in [0, 0.05) is 18.1 Å². The van der Waals surface area contributed by atoms with Crippen molar-refractivity contribution in [3.63, 3.8) is 0 Å². The maximum Gasteiger partial charge on any atom is 0.241 e. The average molecular weight is 294 g/mol. The largest absolute Gasteiger partial charge is 0.398 e. The third kappa shape index (κ3) is 2.68. The standard InChI is InChI=1S/C13H18N4O2S/c1-8-6-11(14)10(3)13(9(8)2)20(18,19)17-7-12-15-4-5-16-12/h4-6,17H,7,14H2,1-3H3,(H,15,16). The molecule has 0 fully saturated rings. The zero-order valence-corrected chi connectivity index (χ0v) is 12.5. The van der Waals surface area contributed by atoms with Gasteiger partial charge < -0.3 is 10.7 Å². The number of anilines is 1. The number of benzene rings is 1. The van der Waals surface area contributed by atoms with Gasteiger partial charge in [0.25, 0.3) is 0 Å². The van der Waals surface area contributed by atoms with E-state index >= 15 is 0 Å². The van der Waals surface area contributed by atoms with Crippen molar-refractivity contribution in [3.05, 3.63) is 41.0 Å². The minimum Gasteiger partial charge on any atom is -0.398 e. The summed E-state index contributed by atoms with van der Waals surface area (Å²) in [5.41, 5.74) is 8.48. The molecular formula is C13H18N4O2S. The molecule has 4 N–H and O–H groups in total. The number of nitrogens with zero attached hydrogens (tertiary/aromatic N) is 1. The van der Waals surface area contributed by atoms with E-state index in [0.29, 0.717) is 22.6 Å². The minimum absolute atomic E-state index is 0.113. The second-order valence-electron chi connectivity index (χ2n) is 4.72. The Morgan fingerprint density at radius 1 is 1.30 bits per heavy atom. The molecule has 1 aromatic heterocycles. The number of hydrogen-bond acceptors (Lipinski definition) is 4. The molecule has 0 aliphatic carbocycles. The molecule has 2 rings (SSSR count). The minimum atomic E-state index is -3.63. The highest BCUT2D eigenvalue weighted by atomic mass is 32.2. The van der Waals surface area contributed by atoms with Crippen LogP contribution in [0.4, 0.5) is 5.69 Å². The Kier molecular flexibility index (Phi) is 3.82. The number of H-pyrrole nitrogens is 1. The molecule has 6 nitrogen and oxygen atoms in total.